The van der Waals surface area contributed by atoms with Gasteiger partial charge in [0, 0.05) is 37.5 Å². The summed E-state index contributed by atoms with van der Waals surface area (Å²) < 4.78 is 9.99. The van der Waals surface area contributed by atoms with Gasteiger partial charge in [0.15, 0.2) is 0 Å². The highest BCUT2D eigenvalue weighted by Crippen LogP contribution is 2.38. The summed E-state index contributed by atoms with van der Waals surface area (Å²) in [4.78, 5) is 19.9. The van der Waals surface area contributed by atoms with Gasteiger partial charge in [0.1, 0.15) is 0 Å². The second kappa shape index (κ2) is 6.20. The highest BCUT2D eigenvalue weighted by Gasteiger charge is 2.41. The van der Waals surface area contributed by atoms with Crippen LogP contribution in [0.5, 0.6) is 0 Å². The molecular weight excluding hydrogens is 342 g/mol. The third-order valence-corrected chi connectivity index (χ3v) is 5.58. The van der Waals surface area contributed by atoms with E-state index in [1.807, 2.05) is 40.2 Å². The van der Waals surface area contributed by atoms with Crippen molar-refractivity contribution in [3.8, 4) is 0 Å². The summed E-state index contributed by atoms with van der Waals surface area (Å²) in [6.45, 7) is 6.22. The SMILES string of the molecule is CC(C)n1cc([C@@H]2OCC[C@H]2C(=O)N2CCn3c2nc2ccccc23)cn1. The normalized spacial score (nSPS) is 22.1. The van der Waals surface area contributed by atoms with E-state index in [0.29, 0.717) is 13.2 Å². The quantitative estimate of drug-likeness (QED) is 0.716. The van der Waals surface area contributed by atoms with Gasteiger partial charge in [0.2, 0.25) is 11.9 Å². The Balaban J connectivity index is 1.44. The average molecular weight is 365 g/mol. The van der Waals surface area contributed by atoms with E-state index in [2.05, 4.69) is 29.6 Å². The van der Waals surface area contributed by atoms with E-state index in [-0.39, 0.29) is 24.0 Å². The number of hydrogen-bond acceptors (Lipinski definition) is 4. The summed E-state index contributed by atoms with van der Waals surface area (Å²) in [5, 5.41) is 4.41. The third kappa shape index (κ3) is 2.56. The lowest BCUT2D eigenvalue weighted by atomic mass is 9.96. The number of para-hydroxylation sites is 2. The van der Waals surface area contributed by atoms with Gasteiger partial charge in [0.25, 0.3) is 0 Å². The first-order chi connectivity index (χ1) is 13.1. The van der Waals surface area contributed by atoms with Crippen molar-refractivity contribution in [2.75, 3.05) is 18.1 Å². The molecular formula is C20H23N5O2. The van der Waals surface area contributed by atoms with Crippen LogP contribution < -0.4 is 4.90 Å². The largest absolute Gasteiger partial charge is 0.373 e. The smallest absolute Gasteiger partial charge is 0.235 e. The van der Waals surface area contributed by atoms with E-state index in [9.17, 15) is 4.79 Å². The van der Waals surface area contributed by atoms with Crippen LogP contribution in [0.3, 0.4) is 0 Å². The van der Waals surface area contributed by atoms with E-state index < -0.39 is 0 Å². The Morgan fingerprint density at radius 3 is 2.93 bits per heavy atom. The summed E-state index contributed by atoms with van der Waals surface area (Å²) in [6.07, 6.45) is 4.33. The fourth-order valence-electron chi connectivity index (χ4n) is 4.15. The molecule has 1 aromatic carbocycles. The topological polar surface area (TPSA) is 65.2 Å². The molecule has 4 heterocycles. The molecule has 2 aliphatic heterocycles. The van der Waals surface area contributed by atoms with Gasteiger partial charge in [-0.2, -0.15) is 5.10 Å². The molecule has 7 nitrogen and oxygen atoms in total. The lowest BCUT2D eigenvalue weighted by Gasteiger charge is -2.22. The zero-order valence-corrected chi connectivity index (χ0v) is 15.6. The highest BCUT2D eigenvalue weighted by molar-refractivity contribution is 5.96. The minimum atomic E-state index is -0.233. The van der Waals surface area contributed by atoms with Gasteiger partial charge < -0.3 is 9.30 Å². The van der Waals surface area contributed by atoms with Crippen LogP contribution in [0.4, 0.5) is 5.95 Å². The van der Waals surface area contributed by atoms with Crippen molar-refractivity contribution >= 4 is 22.9 Å². The predicted molar refractivity (Wildman–Crippen MR) is 101 cm³/mol. The fraction of sp³-hybridized carbons (Fsp3) is 0.450. The molecule has 0 radical (unpaired) electrons. The Morgan fingerprint density at radius 1 is 1.26 bits per heavy atom. The average Bonchev–Trinajstić information content (AvgIpc) is 3.42. The van der Waals surface area contributed by atoms with Gasteiger partial charge in [0.05, 0.1) is 29.3 Å². The maximum Gasteiger partial charge on any atom is 0.235 e. The maximum absolute atomic E-state index is 13.4. The number of carbonyl (C=O) groups is 1. The molecule has 0 bridgehead atoms. The number of ether oxygens (including phenoxy) is 1. The summed E-state index contributed by atoms with van der Waals surface area (Å²) in [5.74, 6) is 0.662. The molecule has 0 saturated carbocycles. The van der Waals surface area contributed by atoms with E-state index in [1.54, 1.807) is 0 Å². The number of nitrogens with zero attached hydrogens (tertiary/aromatic N) is 5. The first-order valence-electron chi connectivity index (χ1n) is 9.56. The van der Waals surface area contributed by atoms with Crippen LogP contribution in [0.2, 0.25) is 0 Å². The number of rotatable bonds is 3. The highest BCUT2D eigenvalue weighted by atomic mass is 16.5. The summed E-state index contributed by atoms with van der Waals surface area (Å²) in [6, 6.07) is 8.32. The molecule has 1 fully saturated rings. The molecule has 0 aliphatic carbocycles. The maximum atomic E-state index is 13.4. The lowest BCUT2D eigenvalue weighted by Crippen LogP contribution is -2.36. The summed E-state index contributed by atoms with van der Waals surface area (Å²) in [7, 11) is 0. The predicted octanol–water partition coefficient (Wildman–Crippen LogP) is 2.94. The van der Waals surface area contributed by atoms with Gasteiger partial charge in [-0.15, -0.1) is 0 Å². The first kappa shape index (κ1) is 16.5. The molecule has 0 unspecified atom stereocenters. The van der Waals surface area contributed by atoms with Crippen molar-refractivity contribution in [1.29, 1.82) is 0 Å². The van der Waals surface area contributed by atoms with Crippen LogP contribution in [0.1, 0.15) is 38.0 Å². The van der Waals surface area contributed by atoms with Crippen molar-refractivity contribution in [3.63, 3.8) is 0 Å². The zero-order valence-electron chi connectivity index (χ0n) is 15.6. The molecule has 0 N–H and O–H groups in total. The number of hydrogen-bond donors (Lipinski definition) is 0. The van der Waals surface area contributed by atoms with Crippen molar-refractivity contribution in [2.45, 2.75) is 39.0 Å². The van der Waals surface area contributed by atoms with Crippen molar-refractivity contribution in [3.05, 3.63) is 42.2 Å². The molecule has 3 aromatic rings. The second-order valence-corrected chi connectivity index (χ2v) is 7.58. The fourth-order valence-corrected chi connectivity index (χ4v) is 4.15. The van der Waals surface area contributed by atoms with Crippen LogP contribution in [-0.2, 0) is 16.1 Å². The van der Waals surface area contributed by atoms with Crippen LogP contribution in [0.25, 0.3) is 11.0 Å². The van der Waals surface area contributed by atoms with Crippen LogP contribution >= 0.6 is 0 Å². The molecule has 5 rings (SSSR count). The Morgan fingerprint density at radius 2 is 2.11 bits per heavy atom. The summed E-state index contributed by atoms with van der Waals surface area (Å²) in [5.41, 5.74) is 3.00. The number of imidazole rings is 1. The van der Waals surface area contributed by atoms with Gasteiger partial charge in [-0.3, -0.25) is 14.4 Å². The molecule has 27 heavy (non-hydrogen) atoms. The van der Waals surface area contributed by atoms with Crippen molar-refractivity contribution in [2.24, 2.45) is 5.92 Å². The zero-order chi connectivity index (χ0) is 18.5. The van der Waals surface area contributed by atoms with Gasteiger partial charge in [-0.1, -0.05) is 12.1 Å². The van der Waals surface area contributed by atoms with Crippen LogP contribution in [-0.4, -0.2) is 38.4 Å². The monoisotopic (exact) mass is 365 g/mol. The van der Waals surface area contributed by atoms with Crippen LogP contribution in [0.15, 0.2) is 36.7 Å². The molecule has 0 spiro atoms. The number of aromatic nitrogens is 4. The Kier molecular flexibility index (Phi) is 3.79. The van der Waals surface area contributed by atoms with Crippen molar-refractivity contribution in [1.82, 2.24) is 19.3 Å². The molecule has 7 heteroatoms. The van der Waals surface area contributed by atoms with Gasteiger partial charge in [-0.25, -0.2) is 4.98 Å². The minimum absolute atomic E-state index is 0.101. The number of anilines is 1. The first-order valence-corrected chi connectivity index (χ1v) is 9.56. The standard InChI is InChI=1S/C20H23N5O2/c1-13(2)25-12-14(11-21-25)18-15(7-10-27-18)19(26)24-9-8-23-17-6-4-3-5-16(17)22-20(23)24/h3-6,11-13,15,18H,7-10H2,1-2H3/t15-,18+/m1/s1. The Bertz CT molecular complexity index is 1000. The Labute approximate surface area is 157 Å². The molecule has 2 aromatic heterocycles. The summed E-state index contributed by atoms with van der Waals surface area (Å²) >= 11 is 0. The number of carbonyl (C=O) groups excluding carboxylic acids is 1. The molecule has 1 saturated heterocycles. The Hall–Kier alpha value is -2.67. The molecule has 140 valence electrons. The van der Waals surface area contributed by atoms with E-state index in [1.165, 1.54) is 0 Å². The molecule has 1 amide bonds. The minimum Gasteiger partial charge on any atom is -0.373 e. The van der Waals surface area contributed by atoms with Gasteiger partial charge in [-0.05, 0) is 32.4 Å². The van der Waals surface area contributed by atoms with Crippen LogP contribution in [0, 0.1) is 5.92 Å². The van der Waals surface area contributed by atoms with Gasteiger partial charge >= 0.3 is 0 Å². The lowest BCUT2D eigenvalue weighted by molar-refractivity contribution is -0.124. The van der Waals surface area contributed by atoms with E-state index in [0.717, 1.165) is 35.5 Å². The van der Waals surface area contributed by atoms with Crippen molar-refractivity contribution < 1.29 is 9.53 Å². The third-order valence-electron chi connectivity index (χ3n) is 5.58. The van der Waals surface area contributed by atoms with E-state index >= 15 is 0 Å². The number of amides is 1. The second-order valence-electron chi connectivity index (χ2n) is 7.58. The molecule has 2 atom stereocenters. The van der Waals surface area contributed by atoms with E-state index in [4.69, 9.17) is 9.72 Å². The number of benzene rings is 1. The molecule has 2 aliphatic rings. The number of fused-ring (bicyclic) bond motifs is 3.